The molecule has 2 heteroatoms. The summed E-state index contributed by atoms with van der Waals surface area (Å²) in [7, 11) is 2.10. The number of benzene rings is 2. The van der Waals surface area contributed by atoms with Crippen molar-refractivity contribution in [3.05, 3.63) is 66.2 Å². The number of likely N-dealkylation sites (N-methyl/N-ethyl adjacent to an activating group) is 1. The van der Waals surface area contributed by atoms with E-state index in [0.29, 0.717) is 6.04 Å². The molecular formula is C17H21N2. The Kier molecular flexibility index (Phi) is 4.99. The predicted octanol–water partition coefficient (Wildman–Crippen LogP) is 3.10. The molecule has 0 amide bonds. The molecule has 2 aromatic rings. The molecule has 0 saturated carbocycles. The fourth-order valence-corrected chi connectivity index (χ4v) is 2.08. The summed E-state index contributed by atoms with van der Waals surface area (Å²) in [5.74, 6) is 0. The van der Waals surface area contributed by atoms with Crippen molar-refractivity contribution in [3.63, 3.8) is 0 Å². The van der Waals surface area contributed by atoms with Gasteiger partial charge in [0.2, 0.25) is 0 Å². The van der Waals surface area contributed by atoms with Crippen LogP contribution in [0.4, 0.5) is 5.69 Å². The average Bonchev–Trinajstić information content (AvgIpc) is 2.47. The molecule has 2 aromatic carbocycles. The smallest absolute Gasteiger partial charge is 0.0444 e. The lowest BCUT2D eigenvalue weighted by atomic mass is 10.2. The van der Waals surface area contributed by atoms with Crippen LogP contribution in [-0.2, 0) is 6.54 Å². The quantitative estimate of drug-likeness (QED) is 0.851. The van der Waals surface area contributed by atoms with Crippen LogP contribution in [0.2, 0.25) is 0 Å². The maximum absolute atomic E-state index is 3.54. The van der Waals surface area contributed by atoms with Gasteiger partial charge in [0.05, 0.1) is 0 Å². The lowest BCUT2D eigenvalue weighted by molar-refractivity contribution is 0.546. The Morgan fingerprint density at radius 1 is 1.11 bits per heavy atom. The van der Waals surface area contributed by atoms with Crippen LogP contribution in [0.15, 0.2) is 54.6 Å². The van der Waals surface area contributed by atoms with Crippen molar-refractivity contribution >= 4 is 5.69 Å². The number of hydrogen-bond acceptors (Lipinski definition) is 2. The first-order chi connectivity index (χ1) is 9.25. The molecule has 1 radical (unpaired) electrons. The normalized spacial score (nSPS) is 12.1. The third kappa shape index (κ3) is 4.42. The Morgan fingerprint density at radius 3 is 2.53 bits per heavy atom. The van der Waals surface area contributed by atoms with E-state index in [1.165, 1.54) is 5.56 Å². The van der Waals surface area contributed by atoms with Crippen LogP contribution in [-0.4, -0.2) is 19.6 Å². The van der Waals surface area contributed by atoms with Gasteiger partial charge in [0.1, 0.15) is 0 Å². The van der Waals surface area contributed by atoms with Crippen molar-refractivity contribution in [2.45, 2.75) is 19.5 Å². The molecule has 2 rings (SSSR count). The van der Waals surface area contributed by atoms with Gasteiger partial charge in [0.15, 0.2) is 0 Å². The third-order valence-electron chi connectivity index (χ3n) is 3.15. The third-order valence-corrected chi connectivity index (χ3v) is 3.15. The largest absolute Gasteiger partial charge is 0.373 e. The molecule has 0 aromatic heterocycles. The van der Waals surface area contributed by atoms with Gasteiger partial charge in [-0.3, -0.25) is 0 Å². The van der Waals surface area contributed by atoms with Crippen LogP contribution in [0.5, 0.6) is 0 Å². The molecule has 1 unspecified atom stereocenters. The minimum Gasteiger partial charge on any atom is -0.373 e. The number of para-hydroxylation sites is 1. The standard InChI is InChI=1S/C17H21N2/c1-15(18-13-16-9-5-3-6-10-16)14-19(2)17-11-7-4-8-12-17/h3-11,15,18H,13-14H2,1-2H3. The Balaban J connectivity index is 1.80. The van der Waals surface area contributed by atoms with Gasteiger partial charge >= 0.3 is 0 Å². The van der Waals surface area contributed by atoms with Gasteiger partial charge in [-0.1, -0.05) is 48.5 Å². The van der Waals surface area contributed by atoms with E-state index in [9.17, 15) is 0 Å². The Labute approximate surface area is 116 Å². The van der Waals surface area contributed by atoms with Crippen molar-refractivity contribution in [3.8, 4) is 0 Å². The van der Waals surface area contributed by atoms with Crippen molar-refractivity contribution < 1.29 is 0 Å². The zero-order valence-electron chi connectivity index (χ0n) is 11.6. The van der Waals surface area contributed by atoms with Crippen molar-refractivity contribution in [1.82, 2.24) is 5.32 Å². The molecule has 1 N–H and O–H groups in total. The molecule has 0 aliphatic heterocycles. The van der Waals surface area contributed by atoms with Crippen molar-refractivity contribution in [1.29, 1.82) is 0 Å². The van der Waals surface area contributed by atoms with Crippen LogP contribution in [0.25, 0.3) is 0 Å². The summed E-state index contributed by atoms with van der Waals surface area (Å²) in [6, 6.07) is 22.2. The highest BCUT2D eigenvalue weighted by atomic mass is 15.1. The zero-order valence-corrected chi connectivity index (χ0v) is 11.6. The van der Waals surface area contributed by atoms with Crippen LogP contribution in [0.3, 0.4) is 0 Å². The fraction of sp³-hybridized carbons (Fsp3) is 0.294. The Bertz CT molecular complexity index is 467. The van der Waals surface area contributed by atoms with Crippen molar-refractivity contribution in [2.75, 3.05) is 18.5 Å². The van der Waals surface area contributed by atoms with E-state index >= 15 is 0 Å². The SMILES string of the molecule is CC(CN(C)c1[c]cccc1)NCc1ccccc1. The van der Waals surface area contributed by atoms with E-state index in [4.69, 9.17) is 0 Å². The molecule has 0 spiro atoms. The summed E-state index contributed by atoms with van der Waals surface area (Å²) in [5.41, 5.74) is 2.46. The lowest BCUT2D eigenvalue weighted by Crippen LogP contribution is -2.37. The number of anilines is 1. The van der Waals surface area contributed by atoms with E-state index < -0.39 is 0 Å². The van der Waals surface area contributed by atoms with Gasteiger partial charge in [-0.25, -0.2) is 0 Å². The highest BCUT2D eigenvalue weighted by Crippen LogP contribution is 2.10. The molecule has 1 atom stereocenters. The van der Waals surface area contributed by atoms with E-state index in [2.05, 4.69) is 60.6 Å². The summed E-state index contributed by atoms with van der Waals surface area (Å²) in [4.78, 5) is 2.22. The average molecular weight is 253 g/mol. The molecular weight excluding hydrogens is 232 g/mol. The molecule has 0 bridgehead atoms. The van der Waals surface area contributed by atoms with Gasteiger partial charge in [0, 0.05) is 37.9 Å². The maximum Gasteiger partial charge on any atom is 0.0444 e. The van der Waals surface area contributed by atoms with E-state index in [-0.39, 0.29) is 0 Å². The first-order valence-electron chi connectivity index (χ1n) is 6.71. The topological polar surface area (TPSA) is 15.3 Å². The number of nitrogens with one attached hydrogen (secondary N) is 1. The highest BCUT2D eigenvalue weighted by molar-refractivity contribution is 5.43. The number of nitrogens with zero attached hydrogens (tertiary/aromatic N) is 1. The van der Waals surface area contributed by atoms with E-state index in [1.807, 2.05) is 24.3 Å². The summed E-state index contributed by atoms with van der Waals surface area (Å²) >= 11 is 0. The lowest BCUT2D eigenvalue weighted by Gasteiger charge is -2.24. The van der Waals surface area contributed by atoms with Gasteiger partial charge in [-0.2, -0.15) is 0 Å². The summed E-state index contributed by atoms with van der Waals surface area (Å²) in [5, 5.41) is 3.54. The first-order valence-corrected chi connectivity index (χ1v) is 6.71. The minimum absolute atomic E-state index is 0.429. The Hall–Kier alpha value is -1.80. The summed E-state index contributed by atoms with van der Waals surface area (Å²) in [6.45, 7) is 4.09. The summed E-state index contributed by atoms with van der Waals surface area (Å²) < 4.78 is 0. The second-order valence-electron chi connectivity index (χ2n) is 4.90. The molecule has 0 fully saturated rings. The minimum atomic E-state index is 0.429. The highest BCUT2D eigenvalue weighted by Gasteiger charge is 2.06. The van der Waals surface area contributed by atoms with Crippen LogP contribution in [0.1, 0.15) is 12.5 Å². The number of rotatable bonds is 6. The van der Waals surface area contributed by atoms with Crippen LogP contribution >= 0.6 is 0 Å². The fourth-order valence-electron chi connectivity index (χ4n) is 2.08. The van der Waals surface area contributed by atoms with Gasteiger partial charge in [-0.05, 0) is 18.6 Å². The molecule has 19 heavy (non-hydrogen) atoms. The number of hydrogen-bond donors (Lipinski definition) is 1. The van der Waals surface area contributed by atoms with E-state index in [1.54, 1.807) is 0 Å². The molecule has 0 aliphatic rings. The molecule has 0 heterocycles. The zero-order chi connectivity index (χ0) is 13.5. The second kappa shape index (κ2) is 6.95. The monoisotopic (exact) mass is 253 g/mol. The van der Waals surface area contributed by atoms with Gasteiger partial charge in [-0.15, -0.1) is 0 Å². The predicted molar refractivity (Wildman–Crippen MR) is 81.3 cm³/mol. The first kappa shape index (κ1) is 13.6. The van der Waals surface area contributed by atoms with Crippen LogP contribution < -0.4 is 10.2 Å². The molecule has 0 saturated heterocycles. The molecule has 2 nitrogen and oxygen atoms in total. The van der Waals surface area contributed by atoms with Crippen molar-refractivity contribution in [2.24, 2.45) is 0 Å². The second-order valence-corrected chi connectivity index (χ2v) is 4.90. The Morgan fingerprint density at radius 2 is 1.84 bits per heavy atom. The molecule has 0 aliphatic carbocycles. The molecule has 99 valence electrons. The summed E-state index contributed by atoms with van der Waals surface area (Å²) in [6.07, 6.45) is 0. The maximum atomic E-state index is 3.54. The van der Waals surface area contributed by atoms with Gasteiger partial charge < -0.3 is 10.2 Å². The van der Waals surface area contributed by atoms with E-state index in [0.717, 1.165) is 18.8 Å². The van der Waals surface area contributed by atoms with Crippen LogP contribution in [0, 0.1) is 6.07 Å². The van der Waals surface area contributed by atoms with Gasteiger partial charge in [0.25, 0.3) is 0 Å².